The van der Waals surface area contributed by atoms with Gasteiger partial charge in [0, 0.05) is 11.3 Å². The van der Waals surface area contributed by atoms with Gasteiger partial charge in [0.15, 0.2) is 0 Å². The molecule has 1 saturated carbocycles. The molecule has 3 nitrogen and oxygen atoms in total. The molecule has 3 N–H and O–H groups in total. The molecule has 1 aliphatic carbocycles. The molecule has 1 atom stereocenters. The number of hydrogen-bond donors (Lipinski definition) is 2. The van der Waals surface area contributed by atoms with Crippen LogP contribution in [0.1, 0.15) is 46.0 Å². The van der Waals surface area contributed by atoms with Crippen LogP contribution in [0.4, 0.5) is 0 Å². The third kappa shape index (κ3) is 3.60. The summed E-state index contributed by atoms with van der Waals surface area (Å²) < 4.78 is 0. The Labute approximate surface area is 120 Å². The molecule has 0 radical (unpaired) electrons. The largest absolute Gasteiger partial charge is 0.392 e. The highest BCUT2D eigenvalue weighted by Crippen LogP contribution is 2.28. The predicted octanol–water partition coefficient (Wildman–Crippen LogP) is 2.48. The third-order valence-electron chi connectivity index (χ3n) is 4.09. The van der Waals surface area contributed by atoms with E-state index < -0.39 is 5.41 Å². The topological polar surface area (TPSA) is 55.1 Å². The molecule has 0 bridgehead atoms. The molecule has 1 aliphatic rings. The average Bonchev–Trinajstić information content (AvgIpc) is 2.38. The number of thiocarbonyl (C=S) groups is 1. The minimum Gasteiger partial charge on any atom is -0.392 e. The zero-order valence-electron chi connectivity index (χ0n) is 11.5. The van der Waals surface area contributed by atoms with Crippen LogP contribution < -0.4 is 11.1 Å². The second kappa shape index (κ2) is 6.75. The summed E-state index contributed by atoms with van der Waals surface area (Å²) >= 11 is 6.95. The van der Waals surface area contributed by atoms with Crippen LogP contribution in [0.25, 0.3) is 0 Å². The lowest BCUT2D eigenvalue weighted by molar-refractivity contribution is -0.127. The maximum absolute atomic E-state index is 12.3. The first kappa shape index (κ1) is 15.8. The summed E-state index contributed by atoms with van der Waals surface area (Å²) in [6.45, 7) is 3.78. The van der Waals surface area contributed by atoms with Crippen molar-refractivity contribution >= 4 is 34.9 Å². The molecule has 1 unspecified atom stereocenters. The van der Waals surface area contributed by atoms with Crippen LogP contribution in [0.3, 0.4) is 0 Å². The predicted molar refractivity (Wildman–Crippen MR) is 82.9 cm³/mol. The average molecular weight is 288 g/mol. The first-order chi connectivity index (χ1) is 8.43. The van der Waals surface area contributed by atoms with Gasteiger partial charge < -0.3 is 11.1 Å². The van der Waals surface area contributed by atoms with Gasteiger partial charge in [-0.1, -0.05) is 19.1 Å². The van der Waals surface area contributed by atoms with Crippen LogP contribution in [0, 0.1) is 5.41 Å². The fraction of sp³-hybridized carbons (Fsp3) is 0.846. The van der Waals surface area contributed by atoms with Gasteiger partial charge in [0.1, 0.15) is 0 Å². The molecule has 0 spiro atoms. The molecule has 0 heterocycles. The summed E-state index contributed by atoms with van der Waals surface area (Å²) in [7, 11) is 0. The summed E-state index contributed by atoms with van der Waals surface area (Å²) in [5.74, 6) is -0.00917. The summed E-state index contributed by atoms with van der Waals surface area (Å²) in [5, 5.41) is 3.88. The van der Waals surface area contributed by atoms with Crippen LogP contribution in [0.5, 0.6) is 0 Å². The molecular formula is C13H24N2OS2. The Morgan fingerprint density at radius 1 is 1.44 bits per heavy atom. The van der Waals surface area contributed by atoms with Crippen LogP contribution >= 0.6 is 24.0 Å². The van der Waals surface area contributed by atoms with Crippen molar-refractivity contribution in [2.45, 2.75) is 57.2 Å². The minimum absolute atomic E-state index is 0.00917. The van der Waals surface area contributed by atoms with Gasteiger partial charge in [0.25, 0.3) is 0 Å². The van der Waals surface area contributed by atoms with Crippen molar-refractivity contribution in [3.8, 4) is 0 Å². The van der Waals surface area contributed by atoms with Gasteiger partial charge in [-0.2, -0.15) is 11.8 Å². The molecule has 18 heavy (non-hydrogen) atoms. The summed E-state index contributed by atoms with van der Waals surface area (Å²) in [5.41, 5.74) is 5.00. The fourth-order valence-corrected chi connectivity index (χ4v) is 3.21. The Hall–Kier alpha value is -0.290. The zero-order valence-corrected chi connectivity index (χ0v) is 13.1. The number of nitrogens with two attached hydrogens (primary N) is 1. The Balaban J connectivity index is 2.53. The lowest BCUT2D eigenvalue weighted by Gasteiger charge is -2.32. The van der Waals surface area contributed by atoms with Gasteiger partial charge in [-0.05, 0) is 45.3 Å². The number of nitrogens with one attached hydrogen (secondary N) is 1. The van der Waals surface area contributed by atoms with Gasteiger partial charge in [-0.15, -0.1) is 0 Å². The molecular weight excluding hydrogens is 264 g/mol. The third-order valence-corrected chi connectivity index (χ3v) is 5.68. The second-order valence-electron chi connectivity index (χ2n) is 5.23. The van der Waals surface area contributed by atoms with Crippen molar-refractivity contribution in [2.75, 3.05) is 6.26 Å². The number of hydrogen-bond acceptors (Lipinski definition) is 3. The number of carbonyl (C=O) groups is 1. The Kier molecular flexibility index (Phi) is 5.92. The summed E-state index contributed by atoms with van der Waals surface area (Å²) in [4.78, 5) is 12.6. The maximum Gasteiger partial charge on any atom is 0.232 e. The zero-order chi connectivity index (χ0) is 13.8. The highest BCUT2D eigenvalue weighted by molar-refractivity contribution is 7.99. The lowest BCUT2D eigenvalue weighted by atomic mass is 9.85. The SMILES string of the molecule is CCC(C)(C(=O)NC1CCC(SC)CC1)C(N)=S. The van der Waals surface area contributed by atoms with E-state index in [1.807, 2.05) is 25.6 Å². The van der Waals surface area contributed by atoms with Crippen LogP contribution in [0.15, 0.2) is 0 Å². The molecule has 0 aliphatic heterocycles. The lowest BCUT2D eigenvalue weighted by Crippen LogP contribution is -2.50. The molecule has 0 aromatic heterocycles. The first-order valence-electron chi connectivity index (χ1n) is 6.57. The molecule has 104 valence electrons. The Morgan fingerprint density at radius 2 is 2.00 bits per heavy atom. The van der Waals surface area contributed by atoms with Crippen molar-refractivity contribution in [3.63, 3.8) is 0 Å². The van der Waals surface area contributed by atoms with E-state index in [0.717, 1.165) is 18.1 Å². The molecule has 5 heteroatoms. The molecule has 0 saturated heterocycles. The van der Waals surface area contributed by atoms with E-state index in [-0.39, 0.29) is 5.91 Å². The van der Waals surface area contributed by atoms with Crippen LogP contribution in [0.2, 0.25) is 0 Å². The van der Waals surface area contributed by atoms with E-state index in [9.17, 15) is 4.79 Å². The molecule has 1 rings (SSSR count). The number of thioether (sulfide) groups is 1. The maximum atomic E-state index is 12.3. The second-order valence-corrected chi connectivity index (χ2v) is 6.81. The summed E-state index contributed by atoms with van der Waals surface area (Å²) in [6, 6.07) is 0.293. The van der Waals surface area contributed by atoms with E-state index in [1.165, 1.54) is 12.8 Å². The van der Waals surface area contributed by atoms with Crippen molar-refractivity contribution in [3.05, 3.63) is 0 Å². The van der Waals surface area contributed by atoms with Crippen LogP contribution in [-0.2, 0) is 4.79 Å². The van der Waals surface area contributed by atoms with E-state index in [1.54, 1.807) is 0 Å². The molecule has 1 amide bonds. The van der Waals surface area contributed by atoms with Gasteiger partial charge in [-0.25, -0.2) is 0 Å². The van der Waals surface area contributed by atoms with E-state index in [2.05, 4.69) is 11.6 Å². The van der Waals surface area contributed by atoms with Crippen molar-refractivity contribution in [1.82, 2.24) is 5.32 Å². The number of carbonyl (C=O) groups excluding carboxylic acids is 1. The summed E-state index contributed by atoms with van der Waals surface area (Å²) in [6.07, 6.45) is 7.30. The molecule has 1 fully saturated rings. The molecule has 0 aromatic carbocycles. The van der Waals surface area contributed by atoms with E-state index in [0.29, 0.717) is 17.5 Å². The Morgan fingerprint density at radius 3 is 2.39 bits per heavy atom. The quantitative estimate of drug-likeness (QED) is 0.763. The highest BCUT2D eigenvalue weighted by atomic mass is 32.2. The Bertz CT molecular complexity index is 314. The number of rotatable bonds is 5. The smallest absolute Gasteiger partial charge is 0.232 e. The van der Waals surface area contributed by atoms with Gasteiger partial charge >= 0.3 is 0 Å². The van der Waals surface area contributed by atoms with Gasteiger partial charge in [0.05, 0.1) is 10.4 Å². The van der Waals surface area contributed by atoms with Gasteiger partial charge in [-0.3, -0.25) is 4.79 Å². The van der Waals surface area contributed by atoms with Gasteiger partial charge in [0.2, 0.25) is 5.91 Å². The minimum atomic E-state index is -0.703. The van der Waals surface area contributed by atoms with Crippen molar-refractivity contribution in [2.24, 2.45) is 11.1 Å². The number of amides is 1. The van der Waals surface area contributed by atoms with E-state index in [4.69, 9.17) is 18.0 Å². The van der Waals surface area contributed by atoms with Crippen molar-refractivity contribution < 1.29 is 4.79 Å². The standard InChI is InChI=1S/C13H24N2OS2/c1-4-13(2,11(14)17)12(16)15-9-5-7-10(18-3)8-6-9/h9-10H,4-8H2,1-3H3,(H2,14,17)(H,15,16). The fourth-order valence-electron chi connectivity index (χ4n) is 2.23. The first-order valence-corrected chi connectivity index (χ1v) is 8.27. The highest BCUT2D eigenvalue weighted by Gasteiger charge is 2.36. The van der Waals surface area contributed by atoms with Crippen LogP contribution in [-0.4, -0.2) is 28.4 Å². The van der Waals surface area contributed by atoms with Crippen molar-refractivity contribution in [1.29, 1.82) is 0 Å². The van der Waals surface area contributed by atoms with E-state index >= 15 is 0 Å². The molecule has 0 aromatic rings. The monoisotopic (exact) mass is 288 g/mol. The normalized spacial score (nSPS) is 27.3.